The Hall–Kier alpha value is -5.30. The number of aromatic nitrogens is 6. The van der Waals surface area contributed by atoms with Crippen LogP contribution in [0.2, 0.25) is 0 Å². The Morgan fingerprint density at radius 3 is 2.03 bits per heavy atom. The third-order valence-electron chi connectivity index (χ3n) is 12.5. The van der Waals surface area contributed by atoms with Gasteiger partial charge in [0.15, 0.2) is 11.6 Å². The number of hydrogen-bond donors (Lipinski definition) is 6. The molecule has 0 bridgehead atoms. The van der Waals surface area contributed by atoms with Gasteiger partial charge in [-0.3, -0.25) is 9.59 Å². The van der Waals surface area contributed by atoms with E-state index in [4.69, 9.17) is 14.6 Å². The number of ether oxygens (including phenoxy) is 2. The highest BCUT2D eigenvalue weighted by Crippen LogP contribution is 2.33. The van der Waals surface area contributed by atoms with Crippen molar-refractivity contribution in [1.29, 1.82) is 0 Å². The molecule has 2 amide bonds. The number of pyridine rings is 2. The molecule has 4 aromatic heterocycles. The second-order valence-corrected chi connectivity index (χ2v) is 18.3. The normalized spacial score (nSPS) is 24.7. The van der Waals surface area contributed by atoms with Crippen molar-refractivity contribution in [3.63, 3.8) is 0 Å². The monoisotopic (exact) mass is 869 g/mol. The molecular formula is C45H59F2N12O4+. The summed E-state index contributed by atoms with van der Waals surface area (Å²) >= 11 is 0. The molecule has 5 atom stereocenters. The predicted octanol–water partition coefficient (Wildman–Crippen LogP) is 4.96. The summed E-state index contributed by atoms with van der Waals surface area (Å²) in [5.41, 5.74) is 1.74. The molecule has 336 valence electrons. The van der Waals surface area contributed by atoms with Gasteiger partial charge in [-0.15, -0.1) is 0 Å². The van der Waals surface area contributed by atoms with Crippen LogP contribution < -0.4 is 36.6 Å². The first-order valence-corrected chi connectivity index (χ1v) is 22.2. The fourth-order valence-electron chi connectivity index (χ4n) is 9.19. The van der Waals surface area contributed by atoms with E-state index in [1.165, 1.54) is 6.07 Å². The summed E-state index contributed by atoms with van der Waals surface area (Å²) in [5.74, 6) is -0.665. The zero-order valence-corrected chi connectivity index (χ0v) is 36.3. The third kappa shape index (κ3) is 11.6. The van der Waals surface area contributed by atoms with Gasteiger partial charge in [0.2, 0.25) is 24.6 Å². The standard InChI is InChI=1S/C45H58F2N12O4/c1-44(2)17-28(7-11-62-44)19-51-33-14-39(35-16-41(53-25-37(35)47)56-43(61)31-6-10-49-22-31)58-59(26-33)27-45(3)18-29(8-12-63-45)20-50-32-13-38(57-54-23-32)34-15-40(52-24-36(34)46)55-42(60)30-5-4-9-48-21-30/h13-16,23-26,28-31,48-49H,4-12,17-22,27H2,1-3H3,(H3-,50,51,52,53,55,56,57,58,60,61)/p+1. The van der Waals surface area contributed by atoms with E-state index in [9.17, 15) is 9.59 Å². The first-order valence-electron chi connectivity index (χ1n) is 22.2. The molecule has 4 fully saturated rings. The number of nitrogens with zero attached hydrogens (tertiary/aromatic N) is 6. The van der Waals surface area contributed by atoms with Gasteiger partial charge in [-0.2, -0.15) is 10.2 Å². The zero-order valence-electron chi connectivity index (χ0n) is 36.3. The van der Waals surface area contributed by atoms with Gasteiger partial charge in [0.25, 0.3) is 0 Å². The average Bonchev–Trinajstić information content (AvgIpc) is 3.82. The summed E-state index contributed by atoms with van der Waals surface area (Å²) < 4.78 is 45.0. The average molecular weight is 870 g/mol. The fourth-order valence-corrected chi connectivity index (χ4v) is 9.19. The van der Waals surface area contributed by atoms with Crippen molar-refractivity contribution < 1.29 is 32.5 Å². The third-order valence-corrected chi connectivity index (χ3v) is 12.5. The minimum Gasteiger partial charge on any atom is -0.383 e. The Morgan fingerprint density at radius 2 is 1.38 bits per heavy atom. The molecule has 0 aliphatic carbocycles. The van der Waals surface area contributed by atoms with Crippen molar-refractivity contribution in [2.75, 3.05) is 73.7 Å². The number of anilines is 4. The molecule has 6 N–H and O–H groups in total. The molecule has 18 heteroatoms. The van der Waals surface area contributed by atoms with Crippen LogP contribution in [0.25, 0.3) is 22.5 Å². The van der Waals surface area contributed by atoms with E-state index in [1.54, 1.807) is 18.3 Å². The van der Waals surface area contributed by atoms with Crippen molar-refractivity contribution >= 4 is 34.8 Å². The predicted molar refractivity (Wildman–Crippen MR) is 233 cm³/mol. The quantitative estimate of drug-likeness (QED) is 0.0933. The Morgan fingerprint density at radius 1 is 0.762 bits per heavy atom. The first kappa shape index (κ1) is 44.3. The molecule has 0 spiro atoms. The second-order valence-electron chi connectivity index (χ2n) is 18.3. The molecule has 16 nitrogen and oxygen atoms in total. The summed E-state index contributed by atoms with van der Waals surface area (Å²) in [6, 6.07) is 6.61. The van der Waals surface area contributed by atoms with Crippen molar-refractivity contribution in [3.05, 3.63) is 60.7 Å². The van der Waals surface area contributed by atoms with E-state index in [0.717, 1.165) is 69.7 Å². The maximum absolute atomic E-state index is 15.7. The van der Waals surface area contributed by atoms with E-state index in [0.29, 0.717) is 75.4 Å². The van der Waals surface area contributed by atoms with Gasteiger partial charge in [0.05, 0.1) is 47.4 Å². The van der Waals surface area contributed by atoms with Crippen LogP contribution >= 0.6 is 0 Å². The van der Waals surface area contributed by atoms with E-state index >= 15 is 8.78 Å². The molecule has 4 aromatic rings. The summed E-state index contributed by atoms with van der Waals surface area (Å²) in [6.07, 6.45) is 11.5. The number of nitrogens with one attached hydrogen (secondary N) is 6. The Labute approximate surface area is 366 Å². The number of rotatable bonds is 14. The SMILES string of the molecule is CC1(C)CC(CNc2cc(-c3cc(NC(=O)C4CCNC4)ncc3F)n[n+](CC3(C)CC(CNc4cnnc(-c5cc(NC(=O)C6CCCNC6)ncc5F)c4)CCO3)c2)CCO1. The molecule has 0 radical (unpaired) electrons. The molecule has 4 aliphatic heterocycles. The van der Waals surface area contributed by atoms with Gasteiger partial charge >= 0.3 is 0 Å². The Balaban J connectivity index is 0.959. The molecule has 63 heavy (non-hydrogen) atoms. The number of halogens is 2. The van der Waals surface area contributed by atoms with Crippen LogP contribution in [0.1, 0.15) is 65.7 Å². The van der Waals surface area contributed by atoms with Crippen molar-refractivity contribution in [1.82, 2.24) is 35.9 Å². The first-order chi connectivity index (χ1) is 30.4. The van der Waals surface area contributed by atoms with Crippen molar-refractivity contribution in [2.24, 2.45) is 23.7 Å². The highest BCUT2D eigenvalue weighted by Gasteiger charge is 2.38. The number of carbonyl (C=O) groups is 2. The minimum absolute atomic E-state index is 0.151. The molecule has 8 rings (SSSR count). The van der Waals surface area contributed by atoms with E-state index in [1.807, 2.05) is 16.9 Å². The van der Waals surface area contributed by atoms with Crippen LogP contribution in [-0.2, 0) is 25.6 Å². The van der Waals surface area contributed by atoms with Gasteiger partial charge in [-0.05, 0) is 115 Å². The van der Waals surface area contributed by atoms with E-state index < -0.39 is 17.2 Å². The number of carbonyl (C=O) groups excluding carboxylic acids is 2. The number of amides is 2. The van der Waals surface area contributed by atoms with Crippen LogP contribution in [0.15, 0.2) is 49.1 Å². The molecule has 0 aromatic carbocycles. The molecule has 5 unspecified atom stereocenters. The van der Waals surface area contributed by atoms with Gasteiger partial charge < -0.3 is 41.4 Å². The smallest absolute Gasteiger partial charge is 0.229 e. The van der Waals surface area contributed by atoms with Gasteiger partial charge in [0.1, 0.15) is 28.6 Å². The summed E-state index contributed by atoms with van der Waals surface area (Å²) in [6.45, 7) is 12.1. The molecule has 4 saturated heterocycles. The molecule has 8 heterocycles. The topological polar surface area (TPSA) is 193 Å². The second kappa shape index (κ2) is 19.6. The van der Waals surface area contributed by atoms with Gasteiger partial charge in [0, 0.05) is 55.6 Å². The van der Waals surface area contributed by atoms with Crippen molar-refractivity contribution in [2.45, 2.75) is 83.5 Å². The fraction of sp³-hybridized carbons (Fsp3) is 0.556. The van der Waals surface area contributed by atoms with Crippen LogP contribution in [-0.4, -0.2) is 101 Å². The lowest BCUT2D eigenvalue weighted by Crippen LogP contribution is -2.53. The lowest BCUT2D eigenvalue weighted by molar-refractivity contribution is -0.764. The minimum atomic E-state index is -0.621. The highest BCUT2D eigenvalue weighted by molar-refractivity contribution is 5.93. The maximum Gasteiger partial charge on any atom is 0.229 e. The summed E-state index contributed by atoms with van der Waals surface area (Å²) in [5, 5.41) is 32.5. The molecule has 0 saturated carbocycles. The number of hydrogen-bond acceptors (Lipinski definition) is 13. The summed E-state index contributed by atoms with van der Waals surface area (Å²) in [7, 11) is 0. The molecule has 4 aliphatic rings. The van der Waals surface area contributed by atoms with Crippen molar-refractivity contribution in [3.8, 4) is 22.5 Å². The lowest BCUT2D eigenvalue weighted by Gasteiger charge is -2.36. The van der Waals surface area contributed by atoms with Crippen LogP contribution in [0.5, 0.6) is 0 Å². The Bertz CT molecular complexity index is 2260. The maximum atomic E-state index is 15.7. The van der Waals surface area contributed by atoms with Crippen LogP contribution in [0.4, 0.5) is 31.8 Å². The van der Waals surface area contributed by atoms with E-state index in [2.05, 4.69) is 72.8 Å². The van der Waals surface area contributed by atoms with Gasteiger partial charge in [-0.1, -0.05) is 4.68 Å². The number of piperidine rings is 1. The zero-order chi connectivity index (χ0) is 44.0. The highest BCUT2D eigenvalue weighted by atomic mass is 19.1. The Kier molecular flexibility index (Phi) is 13.8. The van der Waals surface area contributed by atoms with Gasteiger partial charge in [-0.25, -0.2) is 18.7 Å². The lowest BCUT2D eigenvalue weighted by atomic mass is 9.87. The van der Waals surface area contributed by atoms with Crippen LogP contribution in [0, 0.1) is 35.3 Å². The largest absolute Gasteiger partial charge is 0.383 e. The molecular weight excluding hydrogens is 811 g/mol. The van der Waals surface area contributed by atoms with E-state index in [-0.39, 0.29) is 57.9 Å². The van der Waals surface area contributed by atoms with Crippen LogP contribution in [0.3, 0.4) is 0 Å². The summed E-state index contributed by atoms with van der Waals surface area (Å²) in [4.78, 5) is 34.1.